The second-order valence-electron chi connectivity index (χ2n) is 4.70. The standard InChI is InChI=1S/C16H20O2S/c1-18-15-9-8-13(5-4-10-17)14(11-15)12-19-16-6-2-3-7-16/h8-9,11,16-17H,2-3,6-7,10,12H2,1H3. The van der Waals surface area contributed by atoms with Gasteiger partial charge >= 0.3 is 0 Å². The zero-order valence-corrected chi connectivity index (χ0v) is 12.1. The van der Waals surface area contributed by atoms with Gasteiger partial charge in [0.05, 0.1) is 7.11 Å². The number of benzene rings is 1. The van der Waals surface area contributed by atoms with Crippen molar-refractivity contribution in [3.8, 4) is 17.6 Å². The van der Waals surface area contributed by atoms with E-state index >= 15 is 0 Å². The molecule has 1 aliphatic rings. The molecule has 1 fully saturated rings. The van der Waals surface area contributed by atoms with Gasteiger partial charge in [0.15, 0.2) is 0 Å². The Morgan fingerprint density at radius 3 is 2.84 bits per heavy atom. The molecular weight excluding hydrogens is 256 g/mol. The maximum Gasteiger partial charge on any atom is 0.119 e. The molecule has 0 radical (unpaired) electrons. The summed E-state index contributed by atoms with van der Waals surface area (Å²) in [6.07, 6.45) is 5.42. The first-order valence-electron chi connectivity index (χ1n) is 6.71. The van der Waals surface area contributed by atoms with Crippen LogP contribution in [0.2, 0.25) is 0 Å². The topological polar surface area (TPSA) is 29.5 Å². The van der Waals surface area contributed by atoms with Crippen molar-refractivity contribution in [2.45, 2.75) is 36.7 Å². The van der Waals surface area contributed by atoms with Crippen molar-refractivity contribution in [3.05, 3.63) is 29.3 Å². The fourth-order valence-corrected chi connectivity index (χ4v) is 3.66. The Kier molecular flexibility index (Phi) is 5.62. The Morgan fingerprint density at radius 1 is 1.37 bits per heavy atom. The SMILES string of the molecule is COc1ccc(C#CCO)c(CSC2CCCC2)c1. The number of methoxy groups -OCH3 is 1. The first-order valence-corrected chi connectivity index (χ1v) is 7.76. The minimum Gasteiger partial charge on any atom is -0.497 e. The predicted molar refractivity (Wildman–Crippen MR) is 80.5 cm³/mol. The lowest BCUT2D eigenvalue weighted by atomic mass is 10.1. The average molecular weight is 276 g/mol. The van der Waals surface area contributed by atoms with E-state index in [-0.39, 0.29) is 6.61 Å². The van der Waals surface area contributed by atoms with Gasteiger partial charge in [-0.25, -0.2) is 0 Å². The summed E-state index contributed by atoms with van der Waals surface area (Å²) < 4.78 is 5.28. The van der Waals surface area contributed by atoms with Crippen LogP contribution in [0, 0.1) is 11.8 Å². The zero-order chi connectivity index (χ0) is 13.5. The van der Waals surface area contributed by atoms with Crippen LogP contribution in [0.5, 0.6) is 5.75 Å². The minimum absolute atomic E-state index is 0.0960. The van der Waals surface area contributed by atoms with E-state index in [1.54, 1.807) is 7.11 Å². The summed E-state index contributed by atoms with van der Waals surface area (Å²) in [4.78, 5) is 0. The number of ether oxygens (including phenoxy) is 1. The highest BCUT2D eigenvalue weighted by Gasteiger charge is 2.16. The third kappa shape index (κ3) is 4.19. The molecule has 1 aliphatic carbocycles. The molecule has 0 saturated heterocycles. The molecule has 102 valence electrons. The van der Waals surface area contributed by atoms with Crippen molar-refractivity contribution in [1.82, 2.24) is 0 Å². The second-order valence-corrected chi connectivity index (χ2v) is 5.99. The highest BCUT2D eigenvalue weighted by atomic mass is 32.2. The summed E-state index contributed by atoms with van der Waals surface area (Å²) in [7, 11) is 1.68. The van der Waals surface area contributed by atoms with E-state index in [9.17, 15) is 0 Å². The van der Waals surface area contributed by atoms with Gasteiger partial charge in [-0.15, -0.1) is 0 Å². The number of aliphatic hydroxyl groups is 1. The average Bonchev–Trinajstić information content (AvgIpc) is 2.96. The molecule has 0 bridgehead atoms. The molecule has 1 aromatic rings. The van der Waals surface area contributed by atoms with E-state index in [1.165, 1.54) is 31.2 Å². The normalized spacial score (nSPS) is 15.1. The van der Waals surface area contributed by atoms with Crippen molar-refractivity contribution in [1.29, 1.82) is 0 Å². The van der Waals surface area contributed by atoms with Gasteiger partial charge in [-0.05, 0) is 36.6 Å². The van der Waals surface area contributed by atoms with Crippen LogP contribution in [-0.2, 0) is 5.75 Å². The molecule has 0 heterocycles. The lowest BCUT2D eigenvalue weighted by Crippen LogP contribution is -1.97. The molecule has 3 heteroatoms. The predicted octanol–water partition coefficient (Wildman–Crippen LogP) is 3.21. The van der Waals surface area contributed by atoms with E-state index in [0.717, 1.165) is 22.3 Å². The third-order valence-electron chi connectivity index (χ3n) is 3.39. The Bertz CT molecular complexity index is 467. The molecule has 0 amide bonds. The number of thioether (sulfide) groups is 1. The summed E-state index contributed by atoms with van der Waals surface area (Å²) in [5, 5.41) is 9.61. The van der Waals surface area contributed by atoms with E-state index < -0.39 is 0 Å². The smallest absolute Gasteiger partial charge is 0.119 e. The van der Waals surface area contributed by atoms with Crippen molar-refractivity contribution in [2.24, 2.45) is 0 Å². The quantitative estimate of drug-likeness (QED) is 0.856. The molecule has 0 unspecified atom stereocenters. The van der Waals surface area contributed by atoms with Gasteiger partial charge < -0.3 is 9.84 Å². The molecule has 1 aromatic carbocycles. The molecule has 2 rings (SSSR count). The van der Waals surface area contributed by atoms with Gasteiger partial charge in [0, 0.05) is 16.6 Å². The zero-order valence-electron chi connectivity index (χ0n) is 11.3. The molecule has 0 spiro atoms. The summed E-state index contributed by atoms with van der Waals surface area (Å²) in [5.74, 6) is 7.59. The first-order chi connectivity index (χ1) is 9.33. The molecule has 19 heavy (non-hydrogen) atoms. The summed E-state index contributed by atoms with van der Waals surface area (Å²) >= 11 is 2.02. The van der Waals surface area contributed by atoms with Gasteiger partial charge in [-0.2, -0.15) is 11.8 Å². The van der Waals surface area contributed by atoms with Crippen molar-refractivity contribution >= 4 is 11.8 Å². The molecule has 1 saturated carbocycles. The fourth-order valence-electron chi connectivity index (χ4n) is 2.34. The first kappa shape index (κ1) is 14.3. The van der Waals surface area contributed by atoms with Crippen molar-refractivity contribution in [3.63, 3.8) is 0 Å². The van der Waals surface area contributed by atoms with Crippen LogP contribution in [-0.4, -0.2) is 24.1 Å². The van der Waals surface area contributed by atoms with Gasteiger partial charge in [-0.1, -0.05) is 24.7 Å². The highest BCUT2D eigenvalue weighted by molar-refractivity contribution is 7.99. The van der Waals surface area contributed by atoms with Gasteiger partial charge in [0.2, 0.25) is 0 Å². The molecule has 0 atom stereocenters. The number of rotatable bonds is 4. The van der Waals surface area contributed by atoms with Gasteiger partial charge in [0.25, 0.3) is 0 Å². The lowest BCUT2D eigenvalue weighted by Gasteiger charge is -2.11. The van der Waals surface area contributed by atoms with Gasteiger partial charge in [0.1, 0.15) is 12.4 Å². The Morgan fingerprint density at radius 2 is 2.16 bits per heavy atom. The van der Waals surface area contributed by atoms with Crippen LogP contribution >= 0.6 is 11.8 Å². The van der Waals surface area contributed by atoms with E-state index in [2.05, 4.69) is 17.9 Å². The lowest BCUT2D eigenvalue weighted by molar-refractivity contribution is 0.350. The van der Waals surface area contributed by atoms with Crippen LogP contribution in [0.3, 0.4) is 0 Å². The number of aliphatic hydroxyl groups excluding tert-OH is 1. The Hall–Kier alpha value is -1.11. The second kappa shape index (κ2) is 7.47. The minimum atomic E-state index is -0.0960. The van der Waals surface area contributed by atoms with Crippen molar-refractivity contribution < 1.29 is 9.84 Å². The summed E-state index contributed by atoms with van der Waals surface area (Å²) in [5.41, 5.74) is 2.21. The molecular formula is C16H20O2S. The summed E-state index contributed by atoms with van der Waals surface area (Å²) in [6.45, 7) is -0.0960. The fraction of sp³-hybridized carbons (Fsp3) is 0.500. The van der Waals surface area contributed by atoms with Crippen LogP contribution in [0.4, 0.5) is 0 Å². The maximum atomic E-state index is 8.82. The summed E-state index contributed by atoms with van der Waals surface area (Å²) in [6, 6.07) is 5.96. The molecule has 0 aliphatic heterocycles. The van der Waals surface area contributed by atoms with Crippen molar-refractivity contribution in [2.75, 3.05) is 13.7 Å². The molecule has 1 N–H and O–H groups in total. The van der Waals surface area contributed by atoms with E-state index in [4.69, 9.17) is 9.84 Å². The highest BCUT2D eigenvalue weighted by Crippen LogP contribution is 2.32. The Labute approximate surface area is 119 Å². The monoisotopic (exact) mass is 276 g/mol. The van der Waals surface area contributed by atoms with Crippen LogP contribution in [0.1, 0.15) is 36.8 Å². The number of hydrogen-bond donors (Lipinski definition) is 1. The van der Waals surface area contributed by atoms with E-state index in [1.807, 2.05) is 23.9 Å². The molecule has 2 nitrogen and oxygen atoms in total. The van der Waals surface area contributed by atoms with Crippen LogP contribution < -0.4 is 4.74 Å². The Balaban J connectivity index is 2.09. The third-order valence-corrected chi connectivity index (χ3v) is 4.81. The largest absolute Gasteiger partial charge is 0.497 e. The molecule has 0 aromatic heterocycles. The van der Waals surface area contributed by atoms with E-state index in [0.29, 0.717) is 0 Å². The van der Waals surface area contributed by atoms with Gasteiger partial charge in [-0.3, -0.25) is 0 Å². The van der Waals surface area contributed by atoms with Crippen LogP contribution in [0.25, 0.3) is 0 Å². The maximum absolute atomic E-state index is 8.82. The number of hydrogen-bond acceptors (Lipinski definition) is 3. The van der Waals surface area contributed by atoms with Crippen LogP contribution in [0.15, 0.2) is 18.2 Å².